The van der Waals surface area contributed by atoms with E-state index >= 15 is 0 Å². The third kappa shape index (κ3) is 64.8. The quantitative estimate of drug-likeness (QED) is 0.0222. The van der Waals surface area contributed by atoms with Gasteiger partial charge in [-0.05, 0) is 37.5 Å². The van der Waals surface area contributed by atoms with Gasteiger partial charge in [0.15, 0.2) is 12.2 Å². The molecule has 0 aliphatic carbocycles. The largest absolute Gasteiger partial charge is 0.472 e. The number of aliphatic hydroxyl groups excluding tert-OH is 1. The first-order chi connectivity index (χ1) is 43.4. The van der Waals surface area contributed by atoms with Crippen LogP contribution in [0.4, 0.5) is 0 Å². The molecule has 0 radical (unpaired) electrons. The van der Waals surface area contributed by atoms with Crippen molar-refractivity contribution in [1.29, 1.82) is 0 Å². The maximum absolute atomic E-state index is 13.0. The lowest BCUT2D eigenvalue weighted by Crippen LogP contribution is -2.30. The van der Waals surface area contributed by atoms with Gasteiger partial charge < -0.3 is 33.8 Å². The van der Waals surface area contributed by atoms with E-state index < -0.39 is 97.5 Å². The monoisotopic (exact) mass is 1320 g/mol. The van der Waals surface area contributed by atoms with Gasteiger partial charge in [-0.3, -0.25) is 37.3 Å². The summed E-state index contributed by atoms with van der Waals surface area (Å²) in [4.78, 5) is 72.3. The number of carbonyl (C=O) groups is 4. The summed E-state index contributed by atoms with van der Waals surface area (Å²) in [6.45, 7) is 9.53. The zero-order chi connectivity index (χ0) is 66.5. The summed E-state index contributed by atoms with van der Waals surface area (Å²) in [5, 5.41) is 10.6. The smallest absolute Gasteiger partial charge is 0.462 e. The summed E-state index contributed by atoms with van der Waals surface area (Å²) in [6.07, 6.45) is 48.8. The van der Waals surface area contributed by atoms with Gasteiger partial charge in [-0.25, -0.2) is 9.13 Å². The number of esters is 4. The number of hydrogen-bond donors (Lipinski definition) is 3. The van der Waals surface area contributed by atoms with Crippen LogP contribution in [-0.4, -0.2) is 96.7 Å². The Labute approximate surface area is 549 Å². The lowest BCUT2D eigenvalue weighted by atomic mass is 10.0. The molecule has 17 nitrogen and oxygen atoms in total. The van der Waals surface area contributed by atoms with Crippen molar-refractivity contribution in [2.75, 3.05) is 39.6 Å². The van der Waals surface area contributed by atoms with E-state index in [-0.39, 0.29) is 25.7 Å². The number of unbranched alkanes of at least 4 members (excludes halogenated alkanes) is 40. The van der Waals surface area contributed by atoms with Crippen LogP contribution in [0.3, 0.4) is 0 Å². The highest BCUT2D eigenvalue weighted by Crippen LogP contribution is 2.45. The maximum atomic E-state index is 13.0. The van der Waals surface area contributed by atoms with Gasteiger partial charge in [0, 0.05) is 25.7 Å². The highest BCUT2D eigenvalue weighted by atomic mass is 31.2. The molecule has 5 atom stereocenters. The summed E-state index contributed by atoms with van der Waals surface area (Å²) >= 11 is 0. The zero-order valence-electron chi connectivity index (χ0n) is 58.4. The Balaban J connectivity index is 5.14. The summed E-state index contributed by atoms with van der Waals surface area (Å²) in [7, 11) is -9.89. The van der Waals surface area contributed by atoms with Crippen LogP contribution in [0, 0.1) is 11.8 Å². The van der Waals surface area contributed by atoms with Crippen molar-refractivity contribution < 1.29 is 80.2 Å². The van der Waals surface area contributed by atoms with Crippen LogP contribution in [0.2, 0.25) is 0 Å². The first-order valence-electron chi connectivity index (χ1n) is 37.0. The Kier molecular flexibility index (Phi) is 61.8. The van der Waals surface area contributed by atoms with Crippen LogP contribution in [0.15, 0.2) is 0 Å². The van der Waals surface area contributed by atoms with Gasteiger partial charge in [0.1, 0.15) is 19.3 Å². The fourth-order valence-electron chi connectivity index (χ4n) is 10.8. The molecule has 0 aromatic rings. The molecule has 534 valence electrons. The summed E-state index contributed by atoms with van der Waals surface area (Å²) in [5.41, 5.74) is 0. The predicted molar refractivity (Wildman–Crippen MR) is 363 cm³/mol. The third-order valence-corrected chi connectivity index (χ3v) is 18.4. The fourth-order valence-corrected chi connectivity index (χ4v) is 12.3. The lowest BCUT2D eigenvalue weighted by molar-refractivity contribution is -0.161. The molecular formula is C71H138O17P2. The number of hydrogen-bond acceptors (Lipinski definition) is 15. The second-order valence-electron chi connectivity index (χ2n) is 26.6. The molecule has 0 saturated carbocycles. The van der Waals surface area contributed by atoms with E-state index in [9.17, 15) is 43.2 Å². The standard InChI is InChI=1S/C71H138O17P2/c1-7-9-11-13-15-35-41-47-53-68(73)81-59-66(87-70(75)55-49-43-36-16-14-12-10-8-2)61-85-89(77,78)83-57-65(72)58-84-90(79,80)86-62-67(60-82-69(74)54-48-42-37-31-28-27-30-34-40-46-52-64(5)6)88-71(76)56-50-44-38-32-26-24-22-20-18-17-19-21-23-25-29-33-39-45-51-63(3)4/h63-67,72H,7-62H2,1-6H3,(H,77,78)(H,79,80)/t65-,66+,67+/m0/s1. The minimum absolute atomic E-state index is 0.105. The van der Waals surface area contributed by atoms with Gasteiger partial charge >= 0.3 is 39.5 Å². The van der Waals surface area contributed by atoms with Gasteiger partial charge in [-0.1, -0.05) is 311 Å². The molecule has 0 aromatic carbocycles. The summed E-state index contributed by atoms with van der Waals surface area (Å²) in [5.74, 6) is -0.550. The van der Waals surface area contributed by atoms with Crippen molar-refractivity contribution in [1.82, 2.24) is 0 Å². The molecule has 90 heavy (non-hydrogen) atoms. The normalized spacial score (nSPS) is 14.1. The van der Waals surface area contributed by atoms with Crippen LogP contribution in [0.1, 0.15) is 363 Å². The van der Waals surface area contributed by atoms with Gasteiger partial charge in [-0.15, -0.1) is 0 Å². The van der Waals surface area contributed by atoms with E-state index in [4.69, 9.17) is 37.0 Å². The average molecular weight is 1330 g/mol. The number of aliphatic hydroxyl groups is 1. The number of carbonyl (C=O) groups excluding carboxylic acids is 4. The molecule has 2 unspecified atom stereocenters. The molecule has 0 bridgehead atoms. The second-order valence-corrected chi connectivity index (χ2v) is 29.5. The number of ether oxygens (including phenoxy) is 4. The van der Waals surface area contributed by atoms with Crippen molar-refractivity contribution in [2.24, 2.45) is 11.8 Å². The zero-order valence-corrected chi connectivity index (χ0v) is 60.2. The van der Waals surface area contributed by atoms with Crippen molar-refractivity contribution in [3.63, 3.8) is 0 Å². The van der Waals surface area contributed by atoms with Crippen molar-refractivity contribution in [3.05, 3.63) is 0 Å². The molecule has 0 rings (SSSR count). The molecule has 0 aliphatic heterocycles. The Morgan fingerprint density at radius 2 is 0.511 bits per heavy atom. The lowest BCUT2D eigenvalue weighted by Gasteiger charge is -2.21. The molecule has 0 heterocycles. The molecule has 0 aromatic heterocycles. The van der Waals surface area contributed by atoms with Gasteiger partial charge in [0.25, 0.3) is 0 Å². The van der Waals surface area contributed by atoms with Gasteiger partial charge in [0.2, 0.25) is 0 Å². The Bertz CT molecular complexity index is 1750. The number of phosphoric ester groups is 2. The number of phosphoric acid groups is 2. The minimum Gasteiger partial charge on any atom is -0.462 e. The SMILES string of the molecule is CCCCCCCCCCC(=O)OC[C@H](COP(=O)(O)OC[C@H](O)COP(=O)(O)OC[C@@H](COC(=O)CCCCCCCCCCCCC(C)C)OC(=O)CCCCCCCCCCCCCCCCCCCCC(C)C)OC(=O)CCCCCCCCCC. The van der Waals surface area contributed by atoms with Crippen molar-refractivity contribution in [2.45, 2.75) is 381 Å². The Morgan fingerprint density at radius 1 is 0.300 bits per heavy atom. The van der Waals surface area contributed by atoms with Gasteiger partial charge in [0.05, 0.1) is 26.4 Å². The van der Waals surface area contributed by atoms with E-state index in [2.05, 4.69) is 41.5 Å². The van der Waals surface area contributed by atoms with Gasteiger partial charge in [-0.2, -0.15) is 0 Å². The van der Waals surface area contributed by atoms with E-state index in [0.29, 0.717) is 25.7 Å². The Hall–Kier alpha value is -1.94. The highest BCUT2D eigenvalue weighted by Gasteiger charge is 2.30. The molecule has 0 saturated heterocycles. The van der Waals surface area contributed by atoms with E-state index in [0.717, 1.165) is 115 Å². The van der Waals surface area contributed by atoms with Crippen LogP contribution in [0.5, 0.6) is 0 Å². The first kappa shape index (κ1) is 88.1. The molecular weight excluding hydrogens is 1190 g/mol. The maximum Gasteiger partial charge on any atom is 0.472 e. The topological polar surface area (TPSA) is 237 Å². The van der Waals surface area contributed by atoms with E-state index in [1.807, 2.05) is 0 Å². The molecule has 0 aliphatic rings. The molecule has 0 amide bonds. The second kappa shape index (κ2) is 63.1. The van der Waals surface area contributed by atoms with Crippen LogP contribution < -0.4 is 0 Å². The molecule has 19 heteroatoms. The van der Waals surface area contributed by atoms with E-state index in [1.54, 1.807) is 0 Å². The summed E-state index contributed by atoms with van der Waals surface area (Å²) in [6, 6.07) is 0. The molecule has 0 spiro atoms. The van der Waals surface area contributed by atoms with Crippen LogP contribution >= 0.6 is 15.6 Å². The molecule has 3 N–H and O–H groups in total. The average Bonchev–Trinajstić information content (AvgIpc) is 2.89. The minimum atomic E-state index is -4.95. The first-order valence-corrected chi connectivity index (χ1v) is 40.0. The highest BCUT2D eigenvalue weighted by molar-refractivity contribution is 7.47. The fraction of sp³-hybridized carbons (Fsp3) is 0.944. The van der Waals surface area contributed by atoms with Crippen molar-refractivity contribution in [3.8, 4) is 0 Å². The van der Waals surface area contributed by atoms with E-state index in [1.165, 1.54) is 167 Å². The van der Waals surface area contributed by atoms with Crippen molar-refractivity contribution >= 4 is 39.5 Å². The predicted octanol–water partition coefficient (Wildman–Crippen LogP) is 20.4. The molecule has 0 fully saturated rings. The van der Waals surface area contributed by atoms with Crippen LogP contribution in [-0.2, 0) is 65.4 Å². The third-order valence-electron chi connectivity index (χ3n) is 16.5. The van der Waals surface area contributed by atoms with Crippen LogP contribution in [0.25, 0.3) is 0 Å². The Morgan fingerprint density at radius 3 is 0.756 bits per heavy atom. The summed E-state index contributed by atoms with van der Waals surface area (Å²) < 4.78 is 68.1. The number of rotatable bonds is 70.